The summed E-state index contributed by atoms with van der Waals surface area (Å²) >= 11 is 0. The van der Waals surface area contributed by atoms with Crippen LogP contribution in [0.3, 0.4) is 0 Å². The summed E-state index contributed by atoms with van der Waals surface area (Å²) in [5, 5.41) is 7.21. The molecule has 3 heterocycles. The predicted molar refractivity (Wildman–Crippen MR) is 106 cm³/mol. The van der Waals surface area contributed by atoms with Crippen LogP contribution < -0.4 is 10.6 Å². The number of benzene rings is 2. The molecule has 3 aromatic rings. The first-order valence-electron chi connectivity index (χ1n) is 9.36. The molecule has 138 valence electrons. The van der Waals surface area contributed by atoms with Crippen molar-refractivity contribution >= 4 is 22.5 Å². The molecule has 1 saturated heterocycles. The second-order valence-electron chi connectivity index (χ2n) is 7.05. The average Bonchev–Trinajstić information content (AvgIpc) is 2.99. The van der Waals surface area contributed by atoms with Gasteiger partial charge in [0.05, 0.1) is 36.8 Å². The monoisotopic (exact) mass is 362 g/mol. The van der Waals surface area contributed by atoms with Crippen molar-refractivity contribution < 1.29 is 9.53 Å². The Bertz CT molecular complexity index is 987. The fourth-order valence-corrected chi connectivity index (χ4v) is 3.93. The molecule has 0 saturated carbocycles. The molecule has 27 heavy (non-hydrogen) atoms. The van der Waals surface area contributed by atoms with Crippen LogP contribution in [0.2, 0.25) is 0 Å². The van der Waals surface area contributed by atoms with Gasteiger partial charge in [-0.1, -0.05) is 30.3 Å². The van der Waals surface area contributed by atoms with Gasteiger partial charge in [0.2, 0.25) is 0 Å². The van der Waals surface area contributed by atoms with Crippen LogP contribution in [-0.4, -0.2) is 48.8 Å². The Morgan fingerprint density at radius 1 is 1.00 bits per heavy atom. The number of rotatable bonds is 3. The fraction of sp³-hybridized carbons (Fsp3) is 0.286. The van der Waals surface area contributed by atoms with Crippen LogP contribution in [0.1, 0.15) is 15.9 Å². The van der Waals surface area contributed by atoms with E-state index in [1.54, 1.807) is 0 Å². The van der Waals surface area contributed by atoms with E-state index in [4.69, 9.17) is 4.74 Å². The van der Waals surface area contributed by atoms with Crippen LogP contribution >= 0.6 is 0 Å². The van der Waals surface area contributed by atoms with Gasteiger partial charge in [-0.3, -0.25) is 9.69 Å². The van der Waals surface area contributed by atoms with E-state index in [2.05, 4.69) is 44.8 Å². The van der Waals surface area contributed by atoms with E-state index in [-0.39, 0.29) is 5.91 Å². The number of amides is 1. The lowest BCUT2D eigenvalue weighted by Crippen LogP contribution is -2.35. The van der Waals surface area contributed by atoms with Gasteiger partial charge in [0.25, 0.3) is 5.91 Å². The summed E-state index contributed by atoms with van der Waals surface area (Å²) in [6.45, 7) is 4.98. The number of morpholine rings is 1. The summed E-state index contributed by atoms with van der Waals surface area (Å²) in [6.07, 6.45) is 0. The fourth-order valence-electron chi connectivity index (χ4n) is 3.93. The summed E-state index contributed by atoms with van der Waals surface area (Å²) < 4.78 is 5.42. The molecular formula is C21H22N4O2. The highest BCUT2D eigenvalue weighted by molar-refractivity contribution is 6.15. The molecule has 0 aliphatic carbocycles. The molecule has 6 nitrogen and oxygen atoms in total. The van der Waals surface area contributed by atoms with Crippen molar-refractivity contribution in [2.24, 2.45) is 0 Å². The minimum absolute atomic E-state index is 0.0433. The summed E-state index contributed by atoms with van der Waals surface area (Å²) in [4.78, 5) is 18.2. The number of carbonyl (C=O) groups is 1. The summed E-state index contributed by atoms with van der Waals surface area (Å²) in [5.41, 5.74) is 6.10. The zero-order chi connectivity index (χ0) is 18.2. The van der Waals surface area contributed by atoms with Crippen LogP contribution in [-0.2, 0) is 11.3 Å². The topological polar surface area (TPSA) is 69.4 Å². The number of carbonyl (C=O) groups excluding carboxylic acids is 1. The molecule has 1 fully saturated rings. The van der Waals surface area contributed by atoms with Crippen molar-refractivity contribution in [2.75, 3.05) is 38.3 Å². The van der Waals surface area contributed by atoms with Gasteiger partial charge in [-0.25, -0.2) is 0 Å². The molecule has 3 N–H and O–H groups in total. The van der Waals surface area contributed by atoms with Crippen molar-refractivity contribution in [2.45, 2.75) is 6.54 Å². The van der Waals surface area contributed by atoms with E-state index in [0.717, 1.165) is 60.7 Å². The van der Waals surface area contributed by atoms with E-state index in [9.17, 15) is 4.79 Å². The average molecular weight is 362 g/mol. The highest BCUT2D eigenvalue weighted by Crippen LogP contribution is 2.37. The predicted octanol–water partition coefficient (Wildman–Crippen LogP) is 2.78. The van der Waals surface area contributed by atoms with Gasteiger partial charge in [0.15, 0.2) is 0 Å². The highest BCUT2D eigenvalue weighted by atomic mass is 16.5. The Morgan fingerprint density at radius 2 is 1.81 bits per heavy atom. The maximum atomic E-state index is 12.3. The van der Waals surface area contributed by atoms with Crippen LogP contribution in [0.25, 0.3) is 22.2 Å². The van der Waals surface area contributed by atoms with Gasteiger partial charge in [-0.15, -0.1) is 0 Å². The third kappa shape index (κ3) is 2.97. The van der Waals surface area contributed by atoms with Gasteiger partial charge < -0.3 is 20.4 Å². The van der Waals surface area contributed by atoms with Crippen molar-refractivity contribution in [1.82, 2.24) is 15.2 Å². The number of hydrogen-bond donors (Lipinski definition) is 3. The molecular weight excluding hydrogens is 340 g/mol. The van der Waals surface area contributed by atoms with Crippen LogP contribution in [0.4, 0.5) is 5.69 Å². The summed E-state index contributed by atoms with van der Waals surface area (Å²) in [6, 6.07) is 14.5. The highest BCUT2D eigenvalue weighted by Gasteiger charge is 2.22. The third-order valence-corrected chi connectivity index (χ3v) is 5.34. The Kier molecular flexibility index (Phi) is 4.07. The molecule has 5 rings (SSSR count). The molecule has 6 heteroatoms. The lowest BCUT2D eigenvalue weighted by Gasteiger charge is -2.26. The lowest BCUT2D eigenvalue weighted by molar-refractivity contribution is 0.0342. The van der Waals surface area contributed by atoms with Crippen molar-refractivity contribution in [3.8, 4) is 11.3 Å². The van der Waals surface area contributed by atoms with E-state index < -0.39 is 0 Å². The standard InChI is InChI=1S/C21H22N4O2/c26-21-16-2-1-3-17-18(16)20(22-13-23-21)19(24-17)15-6-4-14(5-7-15)12-25-8-10-27-11-9-25/h1-7,22,24H,8-13H2,(H,23,26). The number of anilines is 1. The van der Waals surface area contributed by atoms with Crippen molar-refractivity contribution in [1.29, 1.82) is 0 Å². The molecule has 0 bridgehead atoms. The Labute approximate surface area is 157 Å². The quantitative estimate of drug-likeness (QED) is 0.670. The number of ether oxygens (including phenoxy) is 1. The molecule has 0 unspecified atom stereocenters. The van der Waals surface area contributed by atoms with E-state index in [0.29, 0.717) is 12.2 Å². The third-order valence-electron chi connectivity index (χ3n) is 5.34. The number of aromatic amines is 1. The molecule has 0 atom stereocenters. The minimum atomic E-state index is -0.0433. The first kappa shape index (κ1) is 16.4. The maximum absolute atomic E-state index is 12.3. The summed E-state index contributed by atoms with van der Waals surface area (Å²) in [7, 11) is 0. The molecule has 1 aromatic heterocycles. The van der Waals surface area contributed by atoms with Gasteiger partial charge in [0, 0.05) is 36.1 Å². The Balaban J connectivity index is 1.49. The number of hydrogen-bond acceptors (Lipinski definition) is 4. The van der Waals surface area contributed by atoms with Crippen LogP contribution in [0.15, 0.2) is 42.5 Å². The SMILES string of the molecule is O=C1NCNc2c(-c3ccc(CN4CCOCC4)cc3)[nH]c3cccc1c23. The van der Waals surface area contributed by atoms with Crippen LogP contribution in [0.5, 0.6) is 0 Å². The number of nitrogens with zero attached hydrogens (tertiary/aromatic N) is 1. The van der Waals surface area contributed by atoms with Gasteiger partial charge in [0.1, 0.15) is 0 Å². The zero-order valence-electron chi connectivity index (χ0n) is 15.0. The largest absolute Gasteiger partial charge is 0.379 e. The van der Waals surface area contributed by atoms with Crippen LogP contribution in [0, 0.1) is 0 Å². The normalized spacial score (nSPS) is 17.4. The van der Waals surface area contributed by atoms with Gasteiger partial charge >= 0.3 is 0 Å². The first-order valence-corrected chi connectivity index (χ1v) is 9.36. The number of aromatic nitrogens is 1. The van der Waals surface area contributed by atoms with Gasteiger partial charge in [-0.2, -0.15) is 0 Å². The zero-order valence-corrected chi connectivity index (χ0v) is 15.0. The van der Waals surface area contributed by atoms with Crippen molar-refractivity contribution in [3.63, 3.8) is 0 Å². The van der Waals surface area contributed by atoms with E-state index in [1.165, 1.54) is 5.56 Å². The Hall–Kier alpha value is -2.83. The first-order chi connectivity index (χ1) is 13.3. The second-order valence-corrected chi connectivity index (χ2v) is 7.05. The second kappa shape index (κ2) is 6.72. The molecule has 0 spiro atoms. The molecule has 2 aliphatic rings. The minimum Gasteiger partial charge on any atom is -0.379 e. The lowest BCUT2D eigenvalue weighted by atomic mass is 10.0. The van der Waals surface area contributed by atoms with Crippen molar-refractivity contribution in [3.05, 3.63) is 53.6 Å². The maximum Gasteiger partial charge on any atom is 0.253 e. The van der Waals surface area contributed by atoms with Gasteiger partial charge in [-0.05, 0) is 17.7 Å². The smallest absolute Gasteiger partial charge is 0.253 e. The van der Waals surface area contributed by atoms with E-state index >= 15 is 0 Å². The molecule has 0 radical (unpaired) electrons. The molecule has 2 aromatic carbocycles. The summed E-state index contributed by atoms with van der Waals surface area (Å²) in [5.74, 6) is -0.0433. The molecule has 2 aliphatic heterocycles. The van der Waals surface area contributed by atoms with E-state index in [1.807, 2.05) is 18.2 Å². The number of H-pyrrole nitrogens is 1. The number of nitrogens with one attached hydrogen (secondary N) is 3. The Morgan fingerprint density at radius 3 is 2.63 bits per heavy atom. The molecule has 1 amide bonds.